The van der Waals surface area contributed by atoms with Crippen LogP contribution in [0.1, 0.15) is 31.4 Å². The highest BCUT2D eigenvalue weighted by Crippen LogP contribution is 2.28. The number of benzene rings is 1. The van der Waals surface area contributed by atoms with Crippen molar-refractivity contribution < 1.29 is 13.2 Å². The third kappa shape index (κ3) is 3.85. The molecule has 3 heterocycles. The number of aromatic nitrogens is 1. The summed E-state index contributed by atoms with van der Waals surface area (Å²) in [6, 6.07) is 13.6. The number of morpholine rings is 1. The van der Waals surface area contributed by atoms with Crippen LogP contribution in [0, 0.1) is 0 Å². The van der Waals surface area contributed by atoms with Crippen LogP contribution in [-0.4, -0.2) is 50.0 Å². The van der Waals surface area contributed by atoms with Gasteiger partial charge in [-0.2, -0.15) is 4.31 Å². The smallest absolute Gasteiger partial charge is 0.244 e. The molecule has 2 aromatic rings. The number of hydrogen-bond donors (Lipinski definition) is 0. The van der Waals surface area contributed by atoms with Crippen LogP contribution < -0.4 is 4.90 Å². The van der Waals surface area contributed by atoms with E-state index in [9.17, 15) is 8.42 Å². The van der Waals surface area contributed by atoms with Gasteiger partial charge in [-0.3, -0.25) is 0 Å². The van der Waals surface area contributed by atoms with Crippen molar-refractivity contribution in [2.45, 2.75) is 36.9 Å². The van der Waals surface area contributed by atoms with E-state index in [1.165, 1.54) is 6.20 Å². The molecule has 0 amide bonds. The fourth-order valence-corrected chi connectivity index (χ4v) is 5.24. The number of ether oxygens (including phenoxy) is 1. The SMILES string of the molecule is CC1CN(c2ccc(S(=O)(=O)N3CCCC3)cn2)CC(c2ccccc2)O1. The maximum atomic E-state index is 12.7. The van der Waals surface area contributed by atoms with Crippen LogP contribution in [0.25, 0.3) is 0 Å². The minimum atomic E-state index is -3.42. The summed E-state index contributed by atoms with van der Waals surface area (Å²) < 4.78 is 33.0. The zero-order valence-electron chi connectivity index (χ0n) is 15.5. The Morgan fingerprint density at radius 3 is 2.44 bits per heavy atom. The average molecular weight is 388 g/mol. The first-order valence-electron chi connectivity index (χ1n) is 9.45. The minimum absolute atomic E-state index is 0.0234. The molecule has 7 heteroatoms. The molecule has 2 unspecified atom stereocenters. The predicted molar refractivity (Wildman–Crippen MR) is 104 cm³/mol. The average Bonchev–Trinajstić information content (AvgIpc) is 3.24. The highest BCUT2D eigenvalue weighted by Gasteiger charge is 2.29. The van der Waals surface area contributed by atoms with Crippen molar-refractivity contribution in [3.8, 4) is 0 Å². The number of pyridine rings is 1. The number of sulfonamides is 1. The Balaban J connectivity index is 1.53. The highest BCUT2D eigenvalue weighted by molar-refractivity contribution is 7.89. The quantitative estimate of drug-likeness (QED) is 0.807. The van der Waals surface area contributed by atoms with Gasteiger partial charge in [0, 0.05) is 32.4 Å². The molecule has 2 aliphatic heterocycles. The molecule has 4 rings (SSSR count). The van der Waals surface area contributed by atoms with Gasteiger partial charge in [0.25, 0.3) is 0 Å². The molecular formula is C20H25N3O3S. The lowest BCUT2D eigenvalue weighted by atomic mass is 10.1. The Morgan fingerprint density at radius 2 is 1.78 bits per heavy atom. The van der Waals surface area contributed by atoms with Crippen molar-refractivity contribution in [2.24, 2.45) is 0 Å². The summed E-state index contributed by atoms with van der Waals surface area (Å²) in [6.45, 7) is 4.68. The first-order valence-corrected chi connectivity index (χ1v) is 10.9. The van der Waals surface area contributed by atoms with Gasteiger partial charge in [0.15, 0.2) is 0 Å². The number of nitrogens with zero attached hydrogens (tertiary/aromatic N) is 3. The van der Waals surface area contributed by atoms with Gasteiger partial charge in [-0.1, -0.05) is 30.3 Å². The standard InChI is InChI=1S/C20H25N3O3S/c1-16-14-22(15-19(26-16)17-7-3-2-4-8-17)20-10-9-18(13-21-20)27(24,25)23-11-5-6-12-23/h2-4,7-10,13,16,19H,5-6,11-12,14-15H2,1H3. The van der Waals surface area contributed by atoms with Crippen LogP contribution in [0.2, 0.25) is 0 Å². The first kappa shape index (κ1) is 18.4. The van der Waals surface area contributed by atoms with Gasteiger partial charge in [0.1, 0.15) is 16.8 Å². The van der Waals surface area contributed by atoms with Crippen molar-refractivity contribution in [1.82, 2.24) is 9.29 Å². The Bertz CT molecular complexity index is 865. The van der Waals surface area contributed by atoms with E-state index >= 15 is 0 Å². The van der Waals surface area contributed by atoms with Gasteiger partial charge >= 0.3 is 0 Å². The highest BCUT2D eigenvalue weighted by atomic mass is 32.2. The van der Waals surface area contributed by atoms with Crippen molar-refractivity contribution in [2.75, 3.05) is 31.1 Å². The van der Waals surface area contributed by atoms with Gasteiger partial charge in [-0.05, 0) is 37.5 Å². The Morgan fingerprint density at radius 1 is 1.04 bits per heavy atom. The topological polar surface area (TPSA) is 62.7 Å². The van der Waals surface area contributed by atoms with Crippen LogP contribution in [-0.2, 0) is 14.8 Å². The fraction of sp³-hybridized carbons (Fsp3) is 0.450. The summed E-state index contributed by atoms with van der Waals surface area (Å²) in [6.07, 6.45) is 3.39. The van der Waals surface area contributed by atoms with E-state index in [2.05, 4.69) is 22.0 Å². The fourth-order valence-electron chi connectivity index (χ4n) is 3.78. The van der Waals surface area contributed by atoms with Gasteiger partial charge in [-0.25, -0.2) is 13.4 Å². The van der Waals surface area contributed by atoms with E-state index in [0.717, 1.165) is 30.8 Å². The second-order valence-electron chi connectivity index (χ2n) is 7.21. The Kier molecular flexibility index (Phi) is 5.16. The third-order valence-corrected chi connectivity index (χ3v) is 7.06. The molecule has 2 fully saturated rings. The van der Waals surface area contributed by atoms with Crippen LogP contribution in [0.15, 0.2) is 53.6 Å². The summed E-state index contributed by atoms with van der Waals surface area (Å²) in [5.41, 5.74) is 1.14. The summed E-state index contributed by atoms with van der Waals surface area (Å²) in [7, 11) is -3.42. The zero-order valence-corrected chi connectivity index (χ0v) is 16.3. The van der Waals surface area contributed by atoms with Crippen molar-refractivity contribution in [3.63, 3.8) is 0 Å². The molecule has 27 heavy (non-hydrogen) atoms. The first-order chi connectivity index (χ1) is 13.0. The monoisotopic (exact) mass is 387 g/mol. The van der Waals surface area contributed by atoms with Crippen LogP contribution in [0.3, 0.4) is 0 Å². The molecular weight excluding hydrogens is 362 g/mol. The number of hydrogen-bond acceptors (Lipinski definition) is 5. The van der Waals surface area contributed by atoms with E-state index in [-0.39, 0.29) is 17.1 Å². The van der Waals surface area contributed by atoms with Crippen molar-refractivity contribution >= 4 is 15.8 Å². The molecule has 144 valence electrons. The molecule has 0 bridgehead atoms. The second kappa shape index (κ2) is 7.58. The summed E-state index contributed by atoms with van der Waals surface area (Å²) >= 11 is 0. The van der Waals surface area contributed by atoms with Crippen LogP contribution in [0.5, 0.6) is 0 Å². The number of rotatable bonds is 4. The van der Waals surface area contributed by atoms with Crippen LogP contribution >= 0.6 is 0 Å². The maximum Gasteiger partial charge on any atom is 0.244 e. The van der Waals surface area contributed by atoms with E-state index < -0.39 is 10.0 Å². The molecule has 1 aromatic carbocycles. The lowest BCUT2D eigenvalue weighted by Gasteiger charge is -2.37. The van der Waals surface area contributed by atoms with E-state index in [1.807, 2.05) is 31.2 Å². The normalized spacial score (nSPS) is 24.3. The maximum absolute atomic E-state index is 12.7. The van der Waals surface area contributed by atoms with Crippen molar-refractivity contribution in [1.29, 1.82) is 0 Å². The van der Waals surface area contributed by atoms with Crippen molar-refractivity contribution in [3.05, 3.63) is 54.2 Å². The minimum Gasteiger partial charge on any atom is -0.367 e. The third-order valence-electron chi connectivity index (χ3n) is 5.18. The molecule has 6 nitrogen and oxygen atoms in total. The van der Waals surface area contributed by atoms with E-state index in [0.29, 0.717) is 19.6 Å². The Labute approximate surface area is 160 Å². The van der Waals surface area contributed by atoms with Gasteiger partial charge in [0.2, 0.25) is 10.0 Å². The molecule has 2 saturated heterocycles. The second-order valence-corrected chi connectivity index (χ2v) is 9.15. The lowest BCUT2D eigenvalue weighted by molar-refractivity contribution is -0.0176. The van der Waals surface area contributed by atoms with Gasteiger partial charge < -0.3 is 9.64 Å². The molecule has 0 aliphatic carbocycles. The summed E-state index contributed by atoms with van der Waals surface area (Å²) in [4.78, 5) is 6.90. The largest absolute Gasteiger partial charge is 0.367 e. The molecule has 0 saturated carbocycles. The molecule has 2 aliphatic rings. The molecule has 0 spiro atoms. The van der Waals surface area contributed by atoms with Gasteiger partial charge in [0.05, 0.1) is 6.10 Å². The Hall–Kier alpha value is -1.96. The summed E-state index contributed by atoms with van der Waals surface area (Å²) in [5.74, 6) is 0.784. The van der Waals surface area contributed by atoms with E-state index in [1.54, 1.807) is 10.4 Å². The molecule has 0 radical (unpaired) electrons. The summed E-state index contributed by atoms with van der Waals surface area (Å²) in [5, 5.41) is 0. The molecule has 1 aromatic heterocycles. The van der Waals surface area contributed by atoms with Gasteiger partial charge in [-0.15, -0.1) is 0 Å². The van der Waals surface area contributed by atoms with Crippen LogP contribution in [0.4, 0.5) is 5.82 Å². The molecule has 2 atom stereocenters. The number of anilines is 1. The predicted octanol–water partition coefficient (Wildman–Crippen LogP) is 2.83. The zero-order chi connectivity index (χ0) is 18.9. The lowest BCUT2D eigenvalue weighted by Crippen LogP contribution is -2.43. The van der Waals surface area contributed by atoms with E-state index in [4.69, 9.17) is 4.74 Å². The molecule has 0 N–H and O–H groups in total.